The molecule has 0 saturated heterocycles. The standard InChI is InChI=1S/C13H16N4O2/c1-10-3-2-4-11(15-10)9-16-7-5-12(18)17(8-6-14)13(16)19/h2-5,7H,6,8-9,14H2,1H3. The van der Waals surface area contributed by atoms with Gasteiger partial charge in [0.05, 0.1) is 12.2 Å². The van der Waals surface area contributed by atoms with Gasteiger partial charge in [0.1, 0.15) is 0 Å². The average Bonchev–Trinajstić information content (AvgIpc) is 2.38. The minimum atomic E-state index is -0.360. The van der Waals surface area contributed by atoms with Gasteiger partial charge in [0.25, 0.3) is 5.56 Å². The zero-order valence-electron chi connectivity index (χ0n) is 10.7. The molecule has 2 rings (SSSR count). The highest BCUT2D eigenvalue weighted by molar-refractivity contribution is 5.10. The molecule has 2 aromatic rings. The molecule has 0 aliphatic carbocycles. The normalized spacial score (nSPS) is 10.6. The number of rotatable bonds is 4. The molecule has 0 bridgehead atoms. The maximum atomic E-state index is 12.1. The Bertz CT molecular complexity index is 688. The van der Waals surface area contributed by atoms with Gasteiger partial charge in [0.2, 0.25) is 0 Å². The highest BCUT2D eigenvalue weighted by atomic mass is 16.2. The molecule has 2 N–H and O–H groups in total. The molecule has 0 unspecified atom stereocenters. The predicted molar refractivity (Wildman–Crippen MR) is 72.1 cm³/mol. The SMILES string of the molecule is Cc1cccc(Cn2ccc(=O)n(CCN)c2=O)n1. The van der Waals surface area contributed by atoms with Gasteiger partial charge in [-0.15, -0.1) is 0 Å². The van der Waals surface area contributed by atoms with Crippen LogP contribution >= 0.6 is 0 Å². The monoisotopic (exact) mass is 260 g/mol. The van der Waals surface area contributed by atoms with Crippen LogP contribution in [0.3, 0.4) is 0 Å². The van der Waals surface area contributed by atoms with Crippen LogP contribution in [0.25, 0.3) is 0 Å². The van der Waals surface area contributed by atoms with E-state index in [9.17, 15) is 9.59 Å². The second-order valence-electron chi connectivity index (χ2n) is 4.28. The van der Waals surface area contributed by atoms with Gasteiger partial charge < -0.3 is 5.73 Å². The Kier molecular flexibility index (Phi) is 3.91. The van der Waals surface area contributed by atoms with Crippen molar-refractivity contribution in [2.75, 3.05) is 6.54 Å². The molecule has 0 amide bonds. The molecule has 0 spiro atoms. The molecule has 0 saturated carbocycles. The molecule has 2 aromatic heterocycles. The van der Waals surface area contributed by atoms with Crippen molar-refractivity contribution < 1.29 is 0 Å². The van der Waals surface area contributed by atoms with Crippen molar-refractivity contribution in [3.05, 3.63) is 62.7 Å². The predicted octanol–water partition coefficient (Wildman–Crippen LogP) is -0.280. The first-order valence-electron chi connectivity index (χ1n) is 6.04. The van der Waals surface area contributed by atoms with Crippen LogP contribution < -0.4 is 17.0 Å². The summed E-state index contributed by atoms with van der Waals surface area (Å²) in [4.78, 5) is 28.0. The lowest BCUT2D eigenvalue weighted by molar-refractivity contribution is 0.575. The van der Waals surface area contributed by atoms with Gasteiger partial charge >= 0.3 is 5.69 Å². The smallest absolute Gasteiger partial charge is 0.329 e. The van der Waals surface area contributed by atoms with E-state index in [1.165, 1.54) is 16.8 Å². The summed E-state index contributed by atoms with van der Waals surface area (Å²) in [6.07, 6.45) is 1.49. The Morgan fingerprint density at radius 2 is 2.05 bits per heavy atom. The van der Waals surface area contributed by atoms with Crippen LogP contribution in [0, 0.1) is 6.92 Å². The number of aryl methyl sites for hydroxylation is 1. The number of hydrogen-bond donors (Lipinski definition) is 1. The Labute approximate surface area is 110 Å². The molecule has 0 aliphatic rings. The Morgan fingerprint density at radius 1 is 1.26 bits per heavy atom. The summed E-state index contributed by atoms with van der Waals surface area (Å²) in [7, 11) is 0. The van der Waals surface area contributed by atoms with E-state index in [-0.39, 0.29) is 24.3 Å². The van der Waals surface area contributed by atoms with Crippen LogP contribution in [0.5, 0.6) is 0 Å². The maximum absolute atomic E-state index is 12.1. The van der Waals surface area contributed by atoms with E-state index in [1.807, 2.05) is 25.1 Å². The van der Waals surface area contributed by atoms with Gasteiger partial charge in [-0.2, -0.15) is 0 Å². The van der Waals surface area contributed by atoms with E-state index in [0.29, 0.717) is 6.54 Å². The van der Waals surface area contributed by atoms with Crippen LogP contribution in [0.1, 0.15) is 11.4 Å². The van der Waals surface area contributed by atoms with E-state index < -0.39 is 0 Å². The van der Waals surface area contributed by atoms with Gasteiger partial charge in [-0.05, 0) is 19.1 Å². The highest BCUT2D eigenvalue weighted by Gasteiger charge is 2.05. The summed E-state index contributed by atoms with van der Waals surface area (Å²) in [6.45, 7) is 2.70. The van der Waals surface area contributed by atoms with Crippen LogP contribution in [0.15, 0.2) is 40.1 Å². The van der Waals surface area contributed by atoms with E-state index in [4.69, 9.17) is 5.73 Å². The Balaban J connectivity index is 2.39. The average molecular weight is 260 g/mol. The quantitative estimate of drug-likeness (QED) is 0.819. The lowest BCUT2D eigenvalue weighted by Gasteiger charge is -2.09. The third-order valence-corrected chi connectivity index (χ3v) is 2.77. The molecule has 0 aliphatic heterocycles. The summed E-state index contributed by atoms with van der Waals surface area (Å²) >= 11 is 0. The van der Waals surface area contributed by atoms with Gasteiger partial charge in [-0.3, -0.25) is 18.9 Å². The summed E-state index contributed by atoms with van der Waals surface area (Å²) in [5, 5.41) is 0. The Morgan fingerprint density at radius 3 is 2.74 bits per heavy atom. The largest absolute Gasteiger partial charge is 0.331 e. The number of nitrogens with zero attached hydrogens (tertiary/aromatic N) is 3. The molecule has 6 heteroatoms. The summed E-state index contributed by atoms with van der Waals surface area (Å²) in [5.41, 5.74) is 6.38. The third-order valence-electron chi connectivity index (χ3n) is 2.77. The number of nitrogens with two attached hydrogens (primary N) is 1. The summed E-state index contributed by atoms with van der Waals surface area (Å²) in [6, 6.07) is 6.99. The van der Waals surface area contributed by atoms with Gasteiger partial charge in [-0.25, -0.2) is 4.79 Å². The fourth-order valence-electron chi connectivity index (χ4n) is 1.87. The molecular weight excluding hydrogens is 244 g/mol. The molecule has 0 radical (unpaired) electrons. The van der Waals surface area contributed by atoms with E-state index in [0.717, 1.165) is 16.0 Å². The fourth-order valence-corrected chi connectivity index (χ4v) is 1.87. The number of pyridine rings is 1. The van der Waals surface area contributed by atoms with Gasteiger partial charge in [-0.1, -0.05) is 6.07 Å². The second-order valence-corrected chi connectivity index (χ2v) is 4.28. The fraction of sp³-hybridized carbons (Fsp3) is 0.308. The van der Waals surface area contributed by atoms with Crippen LogP contribution in [-0.4, -0.2) is 20.7 Å². The lowest BCUT2D eigenvalue weighted by atomic mass is 10.3. The van der Waals surface area contributed by atoms with Gasteiger partial charge in [0.15, 0.2) is 0 Å². The van der Waals surface area contributed by atoms with Crippen LogP contribution in [0.4, 0.5) is 0 Å². The minimum absolute atomic E-state index is 0.222. The highest BCUT2D eigenvalue weighted by Crippen LogP contribution is 1.99. The summed E-state index contributed by atoms with van der Waals surface area (Å²) in [5.74, 6) is 0. The van der Waals surface area contributed by atoms with Crippen LogP contribution in [-0.2, 0) is 13.1 Å². The molecule has 2 heterocycles. The zero-order chi connectivity index (χ0) is 13.8. The van der Waals surface area contributed by atoms with E-state index >= 15 is 0 Å². The van der Waals surface area contributed by atoms with Gasteiger partial charge in [0, 0.05) is 31.0 Å². The van der Waals surface area contributed by atoms with Crippen molar-refractivity contribution in [3.63, 3.8) is 0 Å². The van der Waals surface area contributed by atoms with E-state index in [2.05, 4.69) is 4.98 Å². The maximum Gasteiger partial charge on any atom is 0.331 e. The van der Waals surface area contributed by atoms with Crippen LogP contribution in [0.2, 0.25) is 0 Å². The molecule has 19 heavy (non-hydrogen) atoms. The summed E-state index contributed by atoms with van der Waals surface area (Å²) < 4.78 is 2.59. The van der Waals surface area contributed by atoms with Crippen molar-refractivity contribution in [3.8, 4) is 0 Å². The molecule has 0 fully saturated rings. The van der Waals surface area contributed by atoms with Crippen molar-refractivity contribution >= 4 is 0 Å². The minimum Gasteiger partial charge on any atom is -0.329 e. The Hall–Kier alpha value is -2.21. The molecule has 0 atom stereocenters. The van der Waals surface area contributed by atoms with E-state index in [1.54, 1.807) is 0 Å². The van der Waals surface area contributed by atoms with Crippen molar-refractivity contribution in [1.29, 1.82) is 0 Å². The van der Waals surface area contributed by atoms with Crippen molar-refractivity contribution in [1.82, 2.24) is 14.1 Å². The first-order chi connectivity index (χ1) is 9.11. The number of aromatic nitrogens is 3. The topological polar surface area (TPSA) is 82.9 Å². The molecule has 100 valence electrons. The third kappa shape index (κ3) is 2.97. The lowest BCUT2D eigenvalue weighted by Crippen LogP contribution is -2.40. The first kappa shape index (κ1) is 13.2. The second kappa shape index (κ2) is 5.62. The molecular formula is C13H16N4O2. The number of hydrogen-bond acceptors (Lipinski definition) is 4. The first-order valence-corrected chi connectivity index (χ1v) is 6.04. The zero-order valence-corrected chi connectivity index (χ0v) is 10.7. The molecule has 0 aromatic carbocycles. The van der Waals surface area contributed by atoms with Crippen molar-refractivity contribution in [2.24, 2.45) is 5.73 Å². The molecule has 6 nitrogen and oxygen atoms in total. The van der Waals surface area contributed by atoms with Crippen molar-refractivity contribution in [2.45, 2.75) is 20.0 Å².